The number of carbonyl (C=O) groups excluding carboxylic acids is 3. The van der Waals surface area contributed by atoms with E-state index >= 15 is 0 Å². The number of nitrogens with zero attached hydrogens (tertiary/aromatic N) is 1. The highest BCUT2D eigenvalue weighted by Crippen LogP contribution is 2.56. The number of esters is 1. The van der Waals surface area contributed by atoms with Gasteiger partial charge in [0.1, 0.15) is 5.75 Å². The number of amides is 2. The quantitative estimate of drug-likeness (QED) is 0.702. The number of benzene rings is 2. The fraction of sp³-hybridized carbons (Fsp3) is 0.286. The van der Waals surface area contributed by atoms with Gasteiger partial charge in [0.2, 0.25) is 5.91 Å². The molecule has 1 saturated heterocycles. The Kier molecular flexibility index (Phi) is 5.38. The summed E-state index contributed by atoms with van der Waals surface area (Å²) in [5.41, 5.74) is 1.07. The topological polar surface area (TPSA) is 84.9 Å². The van der Waals surface area contributed by atoms with Crippen LogP contribution in [0.15, 0.2) is 47.4 Å². The molecule has 2 aromatic rings. The Hall–Kier alpha value is -2.71. The lowest BCUT2D eigenvalue weighted by molar-refractivity contribution is -0.155. The van der Waals surface area contributed by atoms with Crippen LogP contribution in [0, 0.1) is 0 Å². The molecule has 4 rings (SSSR count). The minimum absolute atomic E-state index is 0.134. The van der Waals surface area contributed by atoms with Gasteiger partial charge in [0.05, 0.1) is 18.5 Å². The molecule has 0 aromatic heterocycles. The molecule has 0 radical (unpaired) electrons. The predicted octanol–water partition coefficient (Wildman–Crippen LogP) is 3.85. The van der Waals surface area contributed by atoms with Crippen LogP contribution >= 0.6 is 23.4 Å². The second kappa shape index (κ2) is 7.85. The van der Waals surface area contributed by atoms with Crippen LogP contribution in [0.2, 0.25) is 5.02 Å². The fourth-order valence-electron chi connectivity index (χ4n) is 3.59. The van der Waals surface area contributed by atoms with Gasteiger partial charge < -0.3 is 14.8 Å². The van der Waals surface area contributed by atoms with E-state index in [0.717, 1.165) is 4.90 Å². The molecule has 7 nitrogen and oxygen atoms in total. The molecule has 2 aromatic carbocycles. The summed E-state index contributed by atoms with van der Waals surface area (Å²) < 4.78 is 10.7. The van der Waals surface area contributed by atoms with Gasteiger partial charge in [-0.1, -0.05) is 35.5 Å². The third-order valence-electron chi connectivity index (χ3n) is 5.06. The van der Waals surface area contributed by atoms with Crippen LogP contribution in [0.5, 0.6) is 5.75 Å². The maximum atomic E-state index is 13.1. The summed E-state index contributed by atoms with van der Waals surface area (Å²) in [6.45, 7) is 1.48. The molecular formula is C21H19ClN2O5S. The van der Waals surface area contributed by atoms with Crippen LogP contribution in [-0.4, -0.2) is 35.9 Å². The molecule has 0 unspecified atom stereocenters. The van der Waals surface area contributed by atoms with Crippen LogP contribution in [0.4, 0.5) is 11.4 Å². The Morgan fingerprint density at radius 2 is 2.03 bits per heavy atom. The summed E-state index contributed by atoms with van der Waals surface area (Å²) in [4.78, 5) is 39.4. The molecule has 2 atom stereocenters. The highest BCUT2D eigenvalue weighted by molar-refractivity contribution is 8.02. The predicted molar refractivity (Wildman–Crippen MR) is 114 cm³/mol. The summed E-state index contributed by atoms with van der Waals surface area (Å²) in [5, 5.41) is 3.09. The lowest BCUT2D eigenvalue weighted by atomic mass is 10.2. The maximum Gasteiger partial charge on any atom is 0.344 e. The molecule has 0 aliphatic carbocycles. The number of para-hydroxylation sites is 1. The Morgan fingerprint density at radius 1 is 1.27 bits per heavy atom. The maximum absolute atomic E-state index is 13.1. The highest BCUT2D eigenvalue weighted by Gasteiger charge is 2.58. The van der Waals surface area contributed by atoms with Crippen molar-refractivity contribution in [1.82, 2.24) is 0 Å². The first-order valence-corrected chi connectivity index (χ1v) is 10.5. The van der Waals surface area contributed by atoms with Gasteiger partial charge in [-0.3, -0.25) is 14.5 Å². The summed E-state index contributed by atoms with van der Waals surface area (Å²) >= 11 is 7.29. The van der Waals surface area contributed by atoms with Crippen LogP contribution < -0.4 is 15.0 Å². The number of anilines is 2. The van der Waals surface area contributed by atoms with Gasteiger partial charge in [-0.2, -0.15) is 0 Å². The summed E-state index contributed by atoms with van der Waals surface area (Å²) in [6, 6.07) is 12.2. The van der Waals surface area contributed by atoms with Crippen molar-refractivity contribution in [2.75, 3.05) is 17.3 Å². The number of ether oxygens (including phenoxy) is 2. The zero-order valence-electron chi connectivity index (χ0n) is 16.3. The van der Waals surface area contributed by atoms with Crippen molar-refractivity contribution >= 4 is 52.5 Å². The molecule has 1 fully saturated rings. The van der Waals surface area contributed by atoms with E-state index in [1.54, 1.807) is 18.2 Å². The van der Waals surface area contributed by atoms with E-state index in [9.17, 15) is 14.4 Å². The monoisotopic (exact) mass is 446 g/mol. The lowest BCUT2D eigenvalue weighted by Gasteiger charge is -2.29. The Labute approximate surface area is 182 Å². The first kappa shape index (κ1) is 20.6. The number of carbonyl (C=O) groups is 3. The number of hydrogen-bond acceptors (Lipinski definition) is 6. The molecule has 30 heavy (non-hydrogen) atoms. The molecule has 0 bridgehead atoms. The number of thioether (sulfide) groups is 1. The van der Waals surface area contributed by atoms with E-state index in [4.69, 9.17) is 21.1 Å². The average molecular weight is 447 g/mol. The smallest absolute Gasteiger partial charge is 0.344 e. The molecule has 0 spiro atoms. The van der Waals surface area contributed by atoms with Crippen molar-refractivity contribution < 1.29 is 23.9 Å². The van der Waals surface area contributed by atoms with E-state index in [2.05, 4.69) is 5.32 Å². The van der Waals surface area contributed by atoms with Gasteiger partial charge >= 0.3 is 5.97 Å². The molecule has 2 amide bonds. The third-order valence-corrected chi connectivity index (χ3v) is 6.76. The van der Waals surface area contributed by atoms with Crippen molar-refractivity contribution in [3.63, 3.8) is 0 Å². The summed E-state index contributed by atoms with van der Waals surface area (Å²) in [7, 11) is 1.47. The number of nitrogens with one attached hydrogen (secondary N) is 1. The van der Waals surface area contributed by atoms with Gasteiger partial charge in [-0.05, 0) is 37.3 Å². The Bertz CT molecular complexity index is 1050. The molecule has 9 heteroatoms. The van der Waals surface area contributed by atoms with E-state index in [1.165, 1.54) is 30.7 Å². The normalized spacial score (nSPS) is 20.4. The van der Waals surface area contributed by atoms with Crippen molar-refractivity contribution in [3.05, 3.63) is 47.5 Å². The second-order valence-corrected chi connectivity index (χ2v) is 8.72. The average Bonchev–Trinajstić information content (AvgIpc) is 3.24. The van der Waals surface area contributed by atoms with Crippen LogP contribution in [0.1, 0.15) is 19.8 Å². The summed E-state index contributed by atoms with van der Waals surface area (Å²) in [5.74, 6) is -0.851. The Balaban J connectivity index is 1.51. The number of fused-ring (bicyclic) bond motifs is 3. The fourth-order valence-corrected chi connectivity index (χ4v) is 5.16. The molecule has 2 heterocycles. The standard InChI is InChI=1S/C21H19ClN2O5S/c1-12(19(26)23-14-11-13(22)7-8-16(14)28-2)29-20(27)21-10-9-18(25)24(21)15-5-3-4-6-17(15)30-21/h3-8,11-12H,9-10H2,1-2H3,(H,23,26)/t12-,21+/m0/s1. The van der Waals surface area contributed by atoms with E-state index < -0.39 is 22.9 Å². The number of hydrogen-bond donors (Lipinski definition) is 1. The number of halogens is 1. The highest BCUT2D eigenvalue weighted by atomic mass is 35.5. The number of methoxy groups -OCH3 is 1. The largest absolute Gasteiger partial charge is 0.495 e. The molecular weight excluding hydrogens is 428 g/mol. The van der Waals surface area contributed by atoms with Crippen LogP contribution in [-0.2, 0) is 19.1 Å². The van der Waals surface area contributed by atoms with Gasteiger partial charge in [0, 0.05) is 22.8 Å². The van der Waals surface area contributed by atoms with Crippen molar-refractivity contribution in [2.24, 2.45) is 0 Å². The lowest BCUT2D eigenvalue weighted by Crippen LogP contribution is -2.49. The SMILES string of the molecule is COc1ccc(Cl)cc1NC(=O)[C@H](C)OC(=O)[C@]12CCC(=O)N1c1ccccc1S2. The molecule has 156 valence electrons. The van der Waals surface area contributed by atoms with Crippen LogP contribution in [0.25, 0.3) is 0 Å². The first-order valence-electron chi connectivity index (χ1n) is 9.32. The summed E-state index contributed by atoms with van der Waals surface area (Å²) in [6.07, 6.45) is -0.519. The third kappa shape index (κ3) is 3.40. The minimum atomic E-state index is -1.18. The zero-order valence-corrected chi connectivity index (χ0v) is 17.9. The second-order valence-electron chi connectivity index (χ2n) is 6.96. The number of rotatable bonds is 5. The van der Waals surface area contributed by atoms with Gasteiger partial charge in [-0.15, -0.1) is 0 Å². The van der Waals surface area contributed by atoms with Gasteiger partial charge in [0.15, 0.2) is 11.0 Å². The zero-order chi connectivity index (χ0) is 21.5. The van der Waals surface area contributed by atoms with Crippen LogP contribution in [0.3, 0.4) is 0 Å². The minimum Gasteiger partial charge on any atom is -0.495 e. The first-order chi connectivity index (χ1) is 14.4. The van der Waals surface area contributed by atoms with E-state index in [0.29, 0.717) is 28.6 Å². The van der Waals surface area contributed by atoms with Crippen molar-refractivity contribution in [2.45, 2.75) is 35.6 Å². The van der Waals surface area contributed by atoms with Gasteiger partial charge in [-0.25, -0.2) is 4.79 Å². The molecule has 2 aliphatic rings. The van der Waals surface area contributed by atoms with Crippen molar-refractivity contribution in [3.8, 4) is 5.75 Å². The Morgan fingerprint density at radius 3 is 2.80 bits per heavy atom. The van der Waals surface area contributed by atoms with Gasteiger partial charge in [0.25, 0.3) is 5.91 Å². The molecule has 0 saturated carbocycles. The molecule has 1 N–H and O–H groups in total. The van der Waals surface area contributed by atoms with E-state index in [1.807, 2.05) is 24.3 Å². The van der Waals surface area contributed by atoms with Crippen molar-refractivity contribution in [1.29, 1.82) is 0 Å². The molecule has 2 aliphatic heterocycles. The van der Waals surface area contributed by atoms with E-state index in [-0.39, 0.29) is 12.3 Å².